The number of methoxy groups -OCH3 is 3. The zero-order chi connectivity index (χ0) is 18.5. The predicted molar refractivity (Wildman–Crippen MR) is 105 cm³/mol. The van der Waals surface area contributed by atoms with Gasteiger partial charge >= 0.3 is 0 Å². The quantitative estimate of drug-likeness (QED) is 0.737. The molecule has 2 aromatic rings. The molecule has 2 aromatic carbocycles. The average Bonchev–Trinajstić information content (AvgIpc) is 2.87. The normalized spacial score (nSPS) is 17.1. The van der Waals surface area contributed by atoms with E-state index in [9.17, 15) is 0 Å². The van der Waals surface area contributed by atoms with Gasteiger partial charge in [0, 0.05) is 31.1 Å². The number of fused-ring (bicyclic) bond motifs is 1. The van der Waals surface area contributed by atoms with E-state index in [0.29, 0.717) is 11.5 Å². The standard InChI is InChI=1S/C22H27NO3/c1-5-12-23-13-11-17-18(19(15-23)16-9-7-6-8-10-16)14-20(24-2)22(26-4)21(17)25-3/h5-10,14,19H,1,11-13,15H2,2-4H3. The Balaban J connectivity index is 2.19. The summed E-state index contributed by atoms with van der Waals surface area (Å²) in [5.41, 5.74) is 3.74. The molecule has 1 aliphatic heterocycles. The molecule has 1 aliphatic rings. The van der Waals surface area contributed by atoms with Crippen molar-refractivity contribution in [1.82, 2.24) is 4.90 Å². The lowest BCUT2D eigenvalue weighted by atomic mass is 9.87. The van der Waals surface area contributed by atoms with Crippen LogP contribution in [-0.4, -0.2) is 45.9 Å². The molecule has 0 spiro atoms. The largest absolute Gasteiger partial charge is 0.493 e. The number of hydrogen-bond donors (Lipinski definition) is 0. The zero-order valence-corrected chi connectivity index (χ0v) is 15.8. The fourth-order valence-corrected chi connectivity index (χ4v) is 3.84. The molecule has 0 bridgehead atoms. The molecule has 4 nitrogen and oxygen atoms in total. The summed E-state index contributed by atoms with van der Waals surface area (Å²) in [6.45, 7) is 6.67. The van der Waals surface area contributed by atoms with Gasteiger partial charge in [-0.2, -0.15) is 0 Å². The summed E-state index contributed by atoms with van der Waals surface area (Å²) in [7, 11) is 5.02. The molecule has 138 valence electrons. The van der Waals surface area contributed by atoms with Crippen LogP contribution in [-0.2, 0) is 6.42 Å². The number of nitrogens with zero attached hydrogens (tertiary/aromatic N) is 1. The molecule has 0 N–H and O–H groups in total. The van der Waals surface area contributed by atoms with E-state index in [1.807, 2.05) is 6.08 Å². The van der Waals surface area contributed by atoms with Gasteiger partial charge in [-0.15, -0.1) is 6.58 Å². The molecule has 0 saturated carbocycles. The molecule has 0 fully saturated rings. The third kappa shape index (κ3) is 3.42. The average molecular weight is 353 g/mol. The first kappa shape index (κ1) is 18.3. The fourth-order valence-electron chi connectivity index (χ4n) is 3.84. The Morgan fingerprint density at radius 1 is 1.08 bits per heavy atom. The molecule has 0 aromatic heterocycles. The fraction of sp³-hybridized carbons (Fsp3) is 0.364. The molecular weight excluding hydrogens is 326 g/mol. The van der Waals surface area contributed by atoms with E-state index in [1.165, 1.54) is 16.7 Å². The van der Waals surface area contributed by atoms with Gasteiger partial charge in [0.05, 0.1) is 21.3 Å². The molecular formula is C22H27NO3. The smallest absolute Gasteiger partial charge is 0.203 e. The Kier molecular flexibility index (Phi) is 5.84. The SMILES string of the molecule is C=CCN1CCc2c(cc(OC)c(OC)c2OC)C(c2ccccc2)C1. The van der Waals surface area contributed by atoms with Crippen LogP contribution in [0.1, 0.15) is 22.6 Å². The summed E-state index contributed by atoms with van der Waals surface area (Å²) >= 11 is 0. The van der Waals surface area contributed by atoms with Crippen molar-refractivity contribution in [2.75, 3.05) is 41.0 Å². The van der Waals surface area contributed by atoms with Gasteiger partial charge in [-0.05, 0) is 23.6 Å². The molecule has 3 rings (SSSR count). The lowest BCUT2D eigenvalue weighted by Crippen LogP contribution is -2.28. The summed E-state index contributed by atoms with van der Waals surface area (Å²) in [4.78, 5) is 2.43. The van der Waals surface area contributed by atoms with Gasteiger partial charge in [-0.25, -0.2) is 0 Å². The monoisotopic (exact) mass is 353 g/mol. The number of rotatable bonds is 6. The van der Waals surface area contributed by atoms with E-state index in [-0.39, 0.29) is 5.92 Å². The summed E-state index contributed by atoms with van der Waals surface area (Å²) < 4.78 is 17.0. The van der Waals surface area contributed by atoms with Gasteiger partial charge in [-0.1, -0.05) is 36.4 Å². The molecule has 26 heavy (non-hydrogen) atoms. The van der Waals surface area contributed by atoms with Crippen LogP contribution < -0.4 is 14.2 Å². The van der Waals surface area contributed by atoms with Gasteiger partial charge < -0.3 is 14.2 Å². The highest BCUT2D eigenvalue weighted by Gasteiger charge is 2.29. The Labute approximate surface area is 156 Å². The van der Waals surface area contributed by atoms with Crippen LogP contribution in [0.2, 0.25) is 0 Å². The minimum Gasteiger partial charge on any atom is -0.493 e. The van der Waals surface area contributed by atoms with E-state index in [0.717, 1.165) is 31.8 Å². The van der Waals surface area contributed by atoms with E-state index < -0.39 is 0 Å². The summed E-state index contributed by atoms with van der Waals surface area (Å²) in [5, 5.41) is 0. The Morgan fingerprint density at radius 3 is 2.42 bits per heavy atom. The van der Waals surface area contributed by atoms with Crippen molar-refractivity contribution in [2.24, 2.45) is 0 Å². The van der Waals surface area contributed by atoms with Crippen molar-refractivity contribution in [3.8, 4) is 17.2 Å². The highest BCUT2D eigenvalue weighted by atomic mass is 16.5. The summed E-state index contributed by atoms with van der Waals surface area (Å²) in [5.74, 6) is 2.39. The molecule has 1 unspecified atom stereocenters. The van der Waals surface area contributed by atoms with Crippen molar-refractivity contribution >= 4 is 0 Å². The molecule has 1 atom stereocenters. The van der Waals surface area contributed by atoms with Crippen LogP contribution in [0.25, 0.3) is 0 Å². The number of hydrogen-bond acceptors (Lipinski definition) is 4. The number of ether oxygens (including phenoxy) is 3. The van der Waals surface area contributed by atoms with Crippen molar-refractivity contribution in [1.29, 1.82) is 0 Å². The van der Waals surface area contributed by atoms with Crippen molar-refractivity contribution < 1.29 is 14.2 Å². The van der Waals surface area contributed by atoms with Crippen LogP contribution in [0.15, 0.2) is 49.1 Å². The summed E-state index contributed by atoms with van der Waals surface area (Å²) in [6.07, 6.45) is 2.87. The second kappa shape index (κ2) is 8.28. The van der Waals surface area contributed by atoms with Crippen LogP contribution in [0.4, 0.5) is 0 Å². The lowest BCUT2D eigenvalue weighted by molar-refractivity contribution is 0.304. The van der Waals surface area contributed by atoms with E-state index in [2.05, 4.69) is 47.9 Å². The third-order valence-electron chi connectivity index (χ3n) is 5.05. The highest BCUT2D eigenvalue weighted by Crippen LogP contribution is 2.46. The number of benzene rings is 2. The van der Waals surface area contributed by atoms with Gasteiger partial charge in [-0.3, -0.25) is 4.90 Å². The molecule has 0 amide bonds. The van der Waals surface area contributed by atoms with Crippen molar-refractivity contribution in [3.63, 3.8) is 0 Å². The Hall–Kier alpha value is -2.46. The van der Waals surface area contributed by atoms with Crippen LogP contribution >= 0.6 is 0 Å². The third-order valence-corrected chi connectivity index (χ3v) is 5.05. The van der Waals surface area contributed by atoms with Crippen LogP contribution in [0.5, 0.6) is 17.2 Å². The molecule has 1 heterocycles. The minimum atomic E-state index is 0.238. The maximum absolute atomic E-state index is 5.77. The van der Waals surface area contributed by atoms with Crippen LogP contribution in [0, 0.1) is 0 Å². The second-order valence-corrected chi connectivity index (χ2v) is 6.47. The van der Waals surface area contributed by atoms with E-state index >= 15 is 0 Å². The van der Waals surface area contributed by atoms with Gasteiger partial charge in [0.25, 0.3) is 0 Å². The molecule has 0 aliphatic carbocycles. The molecule has 4 heteroatoms. The first-order chi connectivity index (χ1) is 12.7. The second-order valence-electron chi connectivity index (χ2n) is 6.47. The summed E-state index contributed by atoms with van der Waals surface area (Å²) in [6, 6.07) is 12.7. The molecule has 0 saturated heterocycles. The van der Waals surface area contributed by atoms with Crippen molar-refractivity contribution in [2.45, 2.75) is 12.3 Å². The van der Waals surface area contributed by atoms with Crippen molar-refractivity contribution in [3.05, 3.63) is 65.7 Å². The predicted octanol–water partition coefficient (Wildman–Crippen LogP) is 3.89. The maximum atomic E-state index is 5.77. The van der Waals surface area contributed by atoms with E-state index in [4.69, 9.17) is 14.2 Å². The van der Waals surface area contributed by atoms with Gasteiger partial charge in [0.15, 0.2) is 11.5 Å². The Bertz CT molecular complexity index is 758. The maximum Gasteiger partial charge on any atom is 0.203 e. The first-order valence-corrected chi connectivity index (χ1v) is 8.93. The first-order valence-electron chi connectivity index (χ1n) is 8.93. The van der Waals surface area contributed by atoms with E-state index in [1.54, 1.807) is 21.3 Å². The van der Waals surface area contributed by atoms with Crippen LogP contribution in [0.3, 0.4) is 0 Å². The molecule has 0 radical (unpaired) electrons. The highest BCUT2D eigenvalue weighted by molar-refractivity contribution is 5.61. The zero-order valence-electron chi connectivity index (χ0n) is 15.8. The van der Waals surface area contributed by atoms with Gasteiger partial charge in [0.1, 0.15) is 0 Å². The van der Waals surface area contributed by atoms with Gasteiger partial charge in [0.2, 0.25) is 5.75 Å². The Morgan fingerprint density at radius 2 is 1.81 bits per heavy atom. The topological polar surface area (TPSA) is 30.9 Å². The minimum absolute atomic E-state index is 0.238. The lowest BCUT2D eigenvalue weighted by Gasteiger charge is -2.25.